The van der Waals surface area contributed by atoms with Gasteiger partial charge in [0.05, 0.1) is 11.4 Å². The Labute approximate surface area is 201 Å². The monoisotopic (exact) mass is 475 g/mol. The van der Waals surface area contributed by atoms with Crippen LogP contribution >= 0.6 is 23.1 Å². The molecule has 1 saturated carbocycles. The lowest BCUT2D eigenvalue weighted by Gasteiger charge is -2.22. The van der Waals surface area contributed by atoms with Gasteiger partial charge in [0.1, 0.15) is 5.82 Å². The van der Waals surface area contributed by atoms with E-state index in [1.807, 2.05) is 53.9 Å². The van der Waals surface area contributed by atoms with Crippen LogP contribution < -0.4 is 5.32 Å². The molecule has 1 amide bonds. The summed E-state index contributed by atoms with van der Waals surface area (Å²) in [6, 6.07) is 20.1. The molecule has 0 atom stereocenters. The number of rotatable bonds is 7. The first-order valence-electron chi connectivity index (χ1n) is 11.2. The van der Waals surface area contributed by atoms with Crippen LogP contribution in [-0.4, -0.2) is 31.4 Å². The van der Waals surface area contributed by atoms with Crippen LogP contribution in [0, 0.1) is 0 Å². The first-order valence-corrected chi connectivity index (χ1v) is 13.1. The topological polar surface area (TPSA) is 72.7 Å². The number of thioether (sulfide) groups is 1. The van der Waals surface area contributed by atoms with Gasteiger partial charge < -0.3 is 5.32 Å². The number of carbonyl (C=O) groups is 1. The number of hydrogen-bond acceptors (Lipinski definition) is 6. The molecule has 2 heterocycles. The van der Waals surface area contributed by atoms with E-state index in [2.05, 4.69) is 37.2 Å². The quantitative estimate of drug-likeness (QED) is 0.324. The van der Waals surface area contributed by atoms with Gasteiger partial charge in [0, 0.05) is 22.5 Å². The molecule has 0 aliphatic heterocycles. The van der Waals surface area contributed by atoms with Gasteiger partial charge in [-0.25, -0.2) is 4.98 Å². The van der Waals surface area contributed by atoms with Crippen molar-refractivity contribution in [3.05, 3.63) is 71.9 Å². The number of hydrogen-bond donors (Lipinski definition) is 1. The highest BCUT2D eigenvalue weighted by Gasteiger charge is 2.24. The van der Waals surface area contributed by atoms with Gasteiger partial charge in [-0.05, 0) is 25.0 Å². The predicted molar refractivity (Wildman–Crippen MR) is 134 cm³/mol. The van der Waals surface area contributed by atoms with Crippen LogP contribution in [0.25, 0.3) is 16.9 Å². The smallest absolute Gasteiger partial charge is 0.236 e. The number of anilines is 1. The van der Waals surface area contributed by atoms with Gasteiger partial charge in [-0.1, -0.05) is 79.6 Å². The van der Waals surface area contributed by atoms with Gasteiger partial charge in [0.15, 0.2) is 10.3 Å². The number of nitrogens with one attached hydrogen (secondary N) is 1. The number of para-hydroxylation sites is 1. The molecule has 2 aromatic heterocycles. The maximum Gasteiger partial charge on any atom is 0.236 e. The summed E-state index contributed by atoms with van der Waals surface area (Å²) in [5.41, 5.74) is 2.94. The molecular formula is C25H25N5OS2. The lowest BCUT2D eigenvalue weighted by molar-refractivity contribution is -0.113. The van der Waals surface area contributed by atoms with Crippen molar-refractivity contribution in [3.63, 3.8) is 0 Å². The summed E-state index contributed by atoms with van der Waals surface area (Å²) in [6.07, 6.45) is 6.04. The fraction of sp³-hybridized carbons (Fsp3) is 0.280. The number of nitrogens with zero attached hydrogens (tertiary/aromatic N) is 4. The maximum atomic E-state index is 12.7. The van der Waals surface area contributed by atoms with E-state index in [1.54, 1.807) is 0 Å². The third kappa shape index (κ3) is 5.17. The summed E-state index contributed by atoms with van der Waals surface area (Å²) in [7, 11) is 0. The van der Waals surface area contributed by atoms with Crippen LogP contribution in [0.2, 0.25) is 0 Å². The van der Waals surface area contributed by atoms with Crippen LogP contribution in [0.15, 0.2) is 71.2 Å². The summed E-state index contributed by atoms with van der Waals surface area (Å²) in [5.74, 6) is 1.57. The maximum absolute atomic E-state index is 12.7. The van der Waals surface area contributed by atoms with E-state index < -0.39 is 0 Å². The first kappa shape index (κ1) is 21.9. The lowest BCUT2D eigenvalue weighted by atomic mass is 9.88. The molecule has 5 rings (SSSR count). The van der Waals surface area contributed by atoms with Gasteiger partial charge in [-0.2, -0.15) is 0 Å². The zero-order chi connectivity index (χ0) is 22.5. The van der Waals surface area contributed by atoms with Crippen molar-refractivity contribution in [2.75, 3.05) is 11.1 Å². The number of amides is 1. The van der Waals surface area contributed by atoms with Crippen molar-refractivity contribution in [1.29, 1.82) is 0 Å². The van der Waals surface area contributed by atoms with E-state index in [0.29, 0.717) is 11.0 Å². The Morgan fingerprint density at radius 3 is 2.48 bits per heavy atom. The molecule has 0 unspecified atom stereocenters. The van der Waals surface area contributed by atoms with Crippen LogP contribution in [0.5, 0.6) is 0 Å². The minimum absolute atomic E-state index is 0.101. The largest absolute Gasteiger partial charge is 0.301 e. The molecule has 2 aromatic carbocycles. The second-order valence-corrected chi connectivity index (χ2v) is 9.89. The molecule has 8 heteroatoms. The highest BCUT2D eigenvalue weighted by Crippen LogP contribution is 2.35. The van der Waals surface area contributed by atoms with E-state index in [9.17, 15) is 4.79 Å². The van der Waals surface area contributed by atoms with E-state index in [0.717, 1.165) is 40.8 Å². The number of carbonyl (C=O) groups excluding carboxylic acids is 1. The van der Waals surface area contributed by atoms with Crippen LogP contribution in [0.4, 0.5) is 5.13 Å². The van der Waals surface area contributed by atoms with Crippen LogP contribution in [-0.2, 0) is 4.79 Å². The minimum Gasteiger partial charge on any atom is -0.301 e. The minimum atomic E-state index is -0.101. The summed E-state index contributed by atoms with van der Waals surface area (Å²) in [6.45, 7) is 0. The molecule has 6 nitrogen and oxygen atoms in total. The Hall–Kier alpha value is -2.97. The van der Waals surface area contributed by atoms with Gasteiger partial charge in [-0.3, -0.25) is 9.36 Å². The normalized spacial score (nSPS) is 14.3. The molecule has 168 valence electrons. The van der Waals surface area contributed by atoms with Crippen molar-refractivity contribution in [2.24, 2.45) is 0 Å². The average Bonchev–Trinajstić information content (AvgIpc) is 3.52. The fourth-order valence-electron chi connectivity index (χ4n) is 4.18. The predicted octanol–water partition coefficient (Wildman–Crippen LogP) is 6.17. The van der Waals surface area contributed by atoms with Crippen molar-refractivity contribution < 1.29 is 4.79 Å². The summed E-state index contributed by atoms with van der Waals surface area (Å²) in [4.78, 5) is 17.2. The average molecular weight is 476 g/mol. The van der Waals surface area contributed by atoms with E-state index in [-0.39, 0.29) is 11.7 Å². The van der Waals surface area contributed by atoms with E-state index in [4.69, 9.17) is 0 Å². The van der Waals surface area contributed by atoms with Gasteiger partial charge in [0.2, 0.25) is 5.91 Å². The Kier molecular flexibility index (Phi) is 6.83. The molecule has 0 saturated heterocycles. The Balaban J connectivity index is 1.29. The molecule has 4 aromatic rings. The first-order chi connectivity index (χ1) is 16.3. The molecule has 1 aliphatic carbocycles. The second kappa shape index (κ2) is 10.3. The number of thiazole rings is 1. The molecule has 33 heavy (non-hydrogen) atoms. The Bertz CT molecular complexity index is 1200. The third-order valence-corrected chi connectivity index (χ3v) is 7.48. The number of aromatic nitrogens is 4. The molecule has 0 bridgehead atoms. The highest BCUT2D eigenvalue weighted by molar-refractivity contribution is 7.99. The summed E-state index contributed by atoms with van der Waals surface area (Å²) < 4.78 is 2.13. The molecular weight excluding hydrogens is 450 g/mol. The fourth-order valence-corrected chi connectivity index (χ4v) is 5.67. The lowest BCUT2D eigenvalue weighted by Crippen LogP contribution is -2.15. The van der Waals surface area contributed by atoms with Crippen LogP contribution in [0.3, 0.4) is 0 Å². The highest BCUT2D eigenvalue weighted by atomic mass is 32.2. The van der Waals surface area contributed by atoms with Crippen molar-refractivity contribution in [1.82, 2.24) is 19.7 Å². The van der Waals surface area contributed by atoms with Crippen LogP contribution in [0.1, 0.15) is 43.8 Å². The van der Waals surface area contributed by atoms with Gasteiger partial charge in [-0.15, -0.1) is 21.5 Å². The Morgan fingerprint density at radius 2 is 1.73 bits per heavy atom. The SMILES string of the molecule is O=C(CSc1nnc(C2CCCCC2)n1-c1ccccc1)Nc1nc(-c2ccccc2)cs1. The molecule has 0 radical (unpaired) electrons. The molecule has 1 aliphatic rings. The number of benzene rings is 2. The Morgan fingerprint density at radius 1 is 1.00 bits per heavy atom. The summed E-state index contributed by atoms with van der Waals surface area (Å²) >= 11 is 2.84. The van der Waals surface area contributed by atoms with Crippen molar-refractivity contribution >= 4 is 34.1 Å². The van der Waals surface area contributed by atoms with Gasteiger partial charge >= 0.3 is 0 Å². The zero-order valence-electron chi connectivity index (χ0n) is 18.2. The zero-order valence-corrected chi connectivity index (χ0v) is 19.8. The molecule has 1 fully saturated rings. The standard InChI is InChI=1S/C25H25N5OS2/c31-22(27-24-26-21(16-32-24)18-10-4-1-5-11-18)17-33-25-29-28-23(19-12-6-2-7-13-19)30(25)20-14-8-3-9-15-20/h1,3-5,8-11,14-16,19H,2,6-7,12-13,17H2,(H,26,27,31). The van der Waals surface area contributed by atoms with E-state index >= 15 is 0 Å². The van der Waals surface area contributed by atoms with Gasteiger partial charge in [0.25, 0.3) is 0 Å². The van der Waals surface area contributed by atoms with Crippen molar-refractivity contribution in [2.45, 2.75) is 43.2 Å². The molecule has 1 N–H and O–H groups in total. The molecule has 0 spiro atoms. The third-order valence-electron chi connectivity index (χ3n) is 5.80. The second-order valence-electron chi connectivity index (χ2n) is 8.09. The van der Waals surface area contributed by atoms with Crippen molar-refractivity contribution in [3.8, 4) is 16.9 Å². The van der Waals surface area contributed by atoms with E-state index in [1.165, 1.54) is 42.4 Å². The summed E-state index contributed by atoms with van der Waals surface area (Å²) in [5, 5.41) is 15.3.